The first-order valence-electron chi connectivity index (χ1n) is 6.93. The van der Waals surface area contributed by atoms with Gasteiger partial charge in [-0.2, -0.15) is 17.0 Å². The summed E-state index contributed by atoms with van der Waals surface area (Å²) in [5.74, 6) is 0. The fraction of sp³-hybridized carbons (Fsp3) is 0.571. The van der Waals surface area contributed by atoms with Gasteiger partial charge < -0.3 is 5.11 Å². The summed E-state index contributed by atoms with van der Waals surface area (Å²) in [6.45, 7) is 0.725. The van der Waals surface area contributed by atoms with Crippen LogP contribution in [0.4, 0.5) is 0 Å². The zero-order valence-corrected chi connectivity index (χ0v) is 12.6. The second kappa shape index (κ2) is 6.67. The van der Waals surface area contributed by atoms with Crippen molar-refractivity contribution in [2.45, 2.75) is 31.8 Å². The minimum atomic E-state index is -3.51. The Morgan fingerprint density at radius 2 is 2.00 bits per heavy atom. The first-order valence-corrected chi connectivity index (χ1v) is 8.33. The normalized spacial score (nSPS) is 21.2. The third kappa shape index (κ3) is 3.38. The van der Waals surface area contributed by atoms with Crippen LogP contribution in [0.1, 0.15) is 24.8 Å². The van der Waals surface area contributed by atoms with E-state index in [1.54, 1.807) is 7.05 Å². The first-order chi connectivity index (χ1) is 9.55. The molecule has 112 valence electrons. The van der Waals surface area contributed by atoms with Crippen LogP contribution < -0.4 is 0 Å². The van der Waals surface area contributed by atoms with Gasteiger partial charge in [0, 0.05) is 26.2 Å². The minimum Gasteiger partial charge on any atom is -0.395 e. The van der Waals surface area contributed by atoms with Crippen LogP contribution in [0.3, 0.4) is 0 Å². The SMILES string of the molecule is CN(Cc1ccccc1)S(=O)(=O)N1CCCCC1CO. The number of benzene rings is 1. The second-order valence-corrected chi connectivity index (χ2v) is 7.18. The van der Waals surface area contributed by atoms with E-state index in [0.717, 1.165) is 24.8 Å². The highest BCUT2D eigenvalue weighted by atomic mass is 32.2. The molecule has 5 nitrogen and oxygen atoms in total. The topological polar surface area (TPSA) is 60.9 Å². The highest BCUT2D eigenvalue weighted by molar-refractivity contribution is 7.86. The van der Waals surface area contributed by atoms with Crippen molar-refractivity contribution in [1.82, 2.24) is 8.61 Å². The minimum absolute atomic E-state index is 0.113. The maximum Gasteiger partial charge on any atom is 0.282 e. The molecule has 1 aromatic carbocycles. The van der Waals surface area contributed by atoms with Crippen molar-refractivity contribution < 1.29 is 13.5 Å². The summed E-state index contributed by atoms with van der Waals surface area (Å²) in [7, 11) is -1.93. The average Bonchev–Trinajstić information content (AvgIpc) is 2.48. The molecule has 1 heterocycles. The molecule has 1 saturated heterocycles. The number of aliphatic hydroxyl groups is 1. The molecule has 6 heteroatoms. The average molecular weight is 298 g/mol. The zero-order chi connectivity index (χ0) is 14.6. The molecule has 0 aliphatic carbocycles. The molecule has 2 rings (SSSR count). The largest absolute Gasteiger partial charge is 0.395 e. The molecule has 0 spiro atoms. The monoisotopic (exact) mass is 298 g/mol. The number of nitrogens with zero attached hydrogens (tertiary/aromatic N) is 2. The standard InChI is InChI=1S/C14H22N2O3S/c1-15(11-13-7-3-2-4-8-13)20(18,19)16-10-6-5-9-14(16)12-17/h2-4,7-8,14,17H,5-6,9-12H2,1H3. The summed E-state index contributed by atoms with van der Waals surface area (Å²) in [5.41, 5.74) is 0.955. The molecule has 20 heavy (non-hydrogen) atoms. The summed E-state index contributed by atoms with van der Waals surface area (Å²) in [5, 5.41) is 9.37. The highest BCUT2D eigenvalue weighted by Gasteiger charge is 2.34. The van der Waals surface area contributed by atoms with Gasteiger partial charge in [0.1, 0.15) is 0 Å². The third-order valence-corrected chi connectivity index (χ3v) is 5.71. The van der Waals surface area contributed by atoms with E-state index in [1.165, 1.54) is 8.61 Å². The number of rotatable bonds is 5. The Bertz CT molecular complexity index is 518. The summed E-state index contributed by atoms with van der Waals surface area (Å²) >= 11 is 0. The molecule has 1 N–H and O–H groups in total. The lowest BCUT2D eigenvalue weighted by Crippen LogP contribution is -2.50. The smallest absolute Gasteiger partial charge is 0.282 e. The molecule has 1 unspecified atom stereocenters. The van der Waals surface area contributed by atoms with Crippen LogP contribution in [0, 0.1) is 0 Å². The summed E-state index contributed by atoms with van der Waals surface area (Å²) in [4.78, 5) is 0. The van der Waals surface area contributed by atoms with E-state index in [-0.39, 0.29) is 12.6 Å². The van der Waals surface area contributed by atoms with Gasteiger partial charge >= 0.3 is 0 Å². The van der Waals surface area contributed by atoms with Crippen LogP contribution in [0.15, 0.2) is 30.3 Å². The highest BCUT2D eigenvalue weighted by Crippen LogP contribution is 2.22. The molecule has 1 fully saturated rings. The van der Waals surface area contributed by atoms with Crippen molar-refractivity contribution in [1.29, 1.82) is 0 Å². The maximum absolute atomic E-state index is 12.6. The fourth-order valence-corrected chi connectivity index (χ4v) is 4.14. The third-order valence-electron chi connectivity index (χ3n) is 3.72. The Hall–Kier alpha value is -0.950. The van der Waals surface area contributed by atoms with Crippen LogP contribution in [0.2, 0.25) is 0 Å². The van der Waals surface area contributed by atoms with E-state index in [9.17, 15) is 13.5 Å². The van der Waals surface area contributed by atoms with Gasteiger partial charge in [0.2, 0.25) is 0 Å². The Morgan fingerprint density at radius 1 is 1.30 bits per heavy atom. The van der Waals surface area contributed by atoms with Gasteiger partial charge in [-0.1, -0.05) is 36.8 Å². The number of hydrogen-bond acceptors (Lipinski definition) is 3. The van der Waals surface area contributed by atoms with Gasteiger partial charge in [-0.3, -0.25) is 0 Å². The molecule has 1 aromatic rings. The van der Waals surface area contributed by atoms with Gasteiger partial charge in [0.25, 0.3) is 10.2 Å². The lowest BCUT2D eigenvalue weighted by molar-refractivity contribution is 0.149. The lowest BCUT2D eigenvalue weighted by Gasteiger charge is -2.36. The van der Waals surface area contributed by atoms with Crippen molar-refractivity contribution in [3.05, 3.63) is 35.9 Å². The molecule has 0 saturated carbocycles. The van der Waals surface area contributed by atoms with Crippen molar-refractivity contribution >= 4 is 10.2 Å². The summed E-state index contributed by atoms with van der Waals surface area (Å²) < 4.78 is 28.0. The van der Waals surface area contributed by atoms with Crippen molar-refractivity contribution in [3.63, 3.8) is 0 Å². The van der Waals surface area contributed by atoms with E-state index < -0.39 is 10.2 Å². The molecule has 0 aromatic heterocycles. The van der Waals surface area contributed by atoms with Crippen molar-refractivity contribution in [2.75, 3.05) is 20.2 Å². The molecule has 1 atom stereocenters. The van der Waals surface area contributed by atoms with E-state index >= 15 is 0 Å². The Morgan fingerprint density at radius 3 is 2.65 bits per heavy atom. The Balaban J connectivity index is 2.12. The molecule has 0 bridgehead atoms. The van der Waals surface area contributed by atoms with E-state index in [0.29, 0.717) is 13.1 Å². The summed E-state index contributed by atoms with van der Waals surface area (Å²) in [6.07, 6.45) is 2.56. The number of piperidine rings is 1. The predicted octanol–water partition coefficient (Wildman–Crippen LogP) is 1.21. The molecule has 1 aliphatic heterocycles. The number of aliphatic hydroxyl groups excluding tert-OH is 1. The first kappa shape index (κ1) is 15.4. The zero-order valence-electron chi connectivity index (χ0n) is 11.8. The lowest BCUT2D eigenvalue weighted by atomic mass is 10.1. The van der Waals surface area contributed by atoms with E-state index in [1.807, 2.05) is 30.3 Å². The maximum atomic E-state index is 12.6. The molecular formula is C14H22N2O3S. The molecule has 0 radical (unpaired) electrons. The van der Waals surface area contributed by atoms with Gasteiger partial charge in [-0.15, -0.1) is 0 Å². The van der Waals surface area contributed by atoms with Gasteiger partial charge in [-0.25, -0.2) is 0 Å². The predicted molar refractivity (Wildman–Crippen MR) is 78.3 cm³/mol. The van der Waals surface area contributed by atoms with Crippen LogP contribution in [-0.2, 0) is 16.8 Å². The molecule has 1 aliphatic rings. The van der Waals surface area contributed by atoms with Crippen LogP contribution in [0.5, 0.6) is 0 Å². The Kier molecular flexibility index (Phi) is 5.15. The van der Waals surface area contributed by atoms with Gasteiger partial charge in [0.05, 0.1) is 6.61 Å². The van der Waals surface area contributed by atoms with Gasteiger partial charge in [-0.05, 0) is 18.4 Å². The Labute approximate surface area is 121 Å². The molecular weight excluding hydrogens is 276 g/mol. The van der Waals surface area contributed by atoms with Crippen molar-refractivity contribution in [2.24, 2.45) is 0 Å². The van der Waals surface area contributed by atoms with Crippen LogP contribution >= 0.6 is 0 Å². The van der Waals surface area contributed by atoms with Crippen molar-refractivity contribution in [3.8, 4) is 0 Å². The van der Waals surface area contributed by atoms with Crippen LogP contribution in [0.25, 0.3) is 0 Å². The number of hydrogen-bond donors (Lipinski definition) is 1. The van der Waals surface area contributed by atoms with Gasteiger partial charge in [0.15, 0.2) is 0 Å². The van der Waals surface area contributed by atoms with Crippen LogP contribution in [-0.4, -0.2) is 48.4 Å². The summed E-state index contributed by atoms with van der Waals surface area (Å²) in [6, 6.07) is 9.23. The second-order valence-electron chi connectivity index (χ2n) is 5.19. The van der Waals surface area contributed by atoms with E-state index in [2.05, 4.69) is 0 Å². The van der Waals surface area contributed by atoms with E-state index in [4.69, 9.17) is 0 Å². The fourth-order valence-electron chi connectivity index (χ4n) is 2.56. The molecule has 0 amide bonds. The quantitative estimate of drug-likeness (QED) is 0.889.